The Morgan fingerprint density at radius 3 is 2.26 bits per heavy atom. The number of anilines is 1. The summed E-state index contributed by atoms with van der Waals surface area (Å²) in [5.41, 5.74) is 0.447. The van der Waals surface area contributed by atoms with Crippen molar-refractivity contribution < 1.29 is 14.8 Å². The smallest absolute Gasteiger partial charge is 0.411 e. The molecule has 1 aromatic carbocycles. The molecule has 2 atom stereocenters. The first-order valence-corrected chi connectivity index (χ1v) is 7.78. The Morgan fingerprint density at radius 2 is 1.78 bits per heavy atom. The van der Waals surface area contributed by atoms with E-state index in [9.17, 15) is 20.0 Å². The largest absolute Gasteiger partial charge is 0.465 e. The summed E-state index contributed by atoms with van der Waals surface area (Å²) in [7, 11) is 0. The van der Waals surface area contributed by atoms with Crippen molar-refractivity contribution in [1.82, 2.24) is 0 Å². The number of amides is 1. The molecule has 1 aromatic rings. The second kappa shape index (κ2) is 6.29. The normalized spacial score (nSPS) is 25.1. The molecule has 0 heterocycles. The molecule has 0 aromatic heterocycles. The Morgan fingerprint density at radius 1 is 1.22 bits per heavy atom. The zero-order chi connectivity index (χ0) is 16.4. The monoisotopic (exact) mass is 314 g/mol. The van der Waals surface area contributed by atoms with Crippen molar-refractivity contribution in [2.75, 3.05) is 11.4 Å². The number of hydrogen-bond donors (Lipinski definition) is 1. The Labute approximate surface area is 134 Å². The predicted octanol–water partition coefficient (Wildman–Crippen LogP) is 3.52. The molecule has 0 aliphatic heterocycles. The van der Waals surface area contributed by atoms with Crippen LogP contribution in [0.4, 0.5) is 16.2 Å². The van der Waals surface area contributed by atoms with Gasteiger partial charge in [-0.25, -0.2) is 4.79 Å². The highest BCUT2D eigenvalue weighted by molar-refractivity contribution is 5.86. The number of carbonyl (C=O) groups is 1. The van der Waals surface area contributed by atoms with Crippen LogP contribution < -0.4 is 4.90 Å². The van der Waals surface area contributed by atoms with E-state index in [0.717, 1.165) is 25.7 Å². The minimum Gasteiger partial charge on any atom is -0.465 e. The van der Waals surface area contributed by atoms with E-state index in [1.54, 1.807) is 0 Å². The highest BCUT2D eigenvalue weighted by Crippen LogP contribution is 2.52. The molecule has 2 aliphatic rings. The van der Waals surface area contributed by atoms with Gasteiger partial charge in [0, 0.05) is 37.2 Å². The third-order valence-corrected chi connectivity index (χ3v) is 4.84. The standard InChI is InChI=1S/C17H18N2O4/c20-17(21)18(12-7-9-13(10-8-12)19(22)23)11-16-14-5-3-1-2-4-6-15(14)16/h7-10,14-16H,3-6,11H2,(H,20,21). The van der Waals surface area contributed by atoms with E-state index in [1.807, 2.05) is 0 Å². The number of hydrogen-bond acceptors (Lipinski definition) is 3. The number of non-ortho nitro benzene ring substituents is 1. The fourth-order valence-corrected chi connectivity index (χ4v) is 3.56. The summed E-state index contributed by atoms with van der Waals surface area (Å²) in [6.07, 6.45) is 2.84. The summed E-state index contributed by atoms with van der Waals surface area (Å²) in [5.74, 6) is 7.77. The summed E-state index contributed by atoms with van der Waals surface area (Å²) in [4.78, 5) is 23.1. The molecule has 1 saturated carbocycles. The molecule has 0 saturated heterocycles. The lowest BCUT2D eigenvalue weighted by Gasteiger charge is -2.19. The van der Waals surface area contributed by atoms with Gasteiger partial charge in [-0.3, -0.25) is 15.0 Å². The SMILES string of the molecule is O=C(O)N(CC1C2CCC#CCCC21)c1ccc([N+](=O)[O-])cc1. The van der Waals surface area contributed by atoms with Crippen molar-refractivity contribution in [3.8, 4) is 11.8 Å². The van der Waals surface area contributed by atoms with Gasteiger partial charge in [0.05, 0.1) is 4.92 Å². The van der Waals surface area contributed by atoms with Crippen molar-refractivity contribution in [3.63, 3.8) is 0 Å². The molecule has 2 aliphatic carbocycles. The van der Waals surface area contributed by atoms with Gasteiger partial charge in [-0.2, -0.15) is 0 Å². The molecule has 1 N–H and O–H groups in total. The van der Waals surface area contributed by atoms with E-state index in [2.05, 4.69) is 11.8 Å². The summed E-state index contributed by atoms with van der Waals surface area (Å²) in [5, 5.41) is 20.2. The molecule has 6 heteroatoms. The number of nitro groups is 1. The van der Waals surface area contributed by atoms with Crippen molar-refractivity contribution in [3.05, 3.63) is 34.4 Å². The fourth-order valence-electron chi connectivity index (χ4n) is 3.56. The van der Waals surface area contributed by atoms with Crippen LogP contribution in [0.2, 0.25) is 0 Å². The molecular weight excluding hydrogens is 296 g/mol. The maximum atomic E-state index is 11.6. The van der Waals surface area contributed by atoms with E-state index in [-0.39, 0.29) is 5.69 Å². The lowest BCUT2D eigenvalue weighted by atomic mass is 10.1. The average molecular weight is 314 g/mol. The molecule has 2 unspecified atom stereocenters. The highest BCUT2D eigenvalue weighted by Gasteiger charge is 2.49. The first-order chi connectivity index (χ1) is 11.1. The molecule has 120 valence electrons. The summed E-state index contributed by atoms with van der Waals surface area (Å²) in [6.45, 7) is 0.447. The van der Waals surface area contributed by atoms with E-state index in [0.29, 0.717) is 30.0 Å². The Kier molecular flexibility index (Phi) is 4.20. The Balaban J connectivity index is 1.70. The van der Waals surface area contributed by atoms with Crippen LogP contribution in [0.25, 0.3) is 0 Å². The minimum absolute atomic E-state index is 0.0377. The van der Waals surface area contributed by atoms with Gasteiger partial charge in [-0.15, -0.1) is 11.8 Å². The number of fused-ring (bicyclic) bond motifs is 1. The second-order valence-corrected chi connectivity index (χ2v) is 6.09. The fraction of sp³-hybridized carbons (Fsp3) is 0.471. The quantitative estimate of drug-likeness (QED) is 0.523. The third-order valence-electron chi connectivity index (χ3n) is 4.84. The van der Waals surface area contributed by atoms with Crippen LogP contribution in [0.1, 0.15) is 25.7 Å². The lowest BCUT2D eigenvalue weighted by Crippen LogP contribution is -2.31. The van der Waals surface area contributed by atoms with Crippen LogP contribution in [0, 0.1) is 39.7 Å². The molecule has 3 rings (SSSR count). The lowest BCUT2D eigenvalue weighted by molar-refractivity contribution is -0.384. The molecule has 0 radical (unpaired) electrons. The first kappa shape index (κ1) is 15.3. The van der Waals surface area contributed by atoms with E-state index >= 15 is 0 Å². The van der Waals surface area contributed by atoms with Crippen LogP contribution in [-0.2, 0) is 0 Å². The van der Waals surface area contributed by atoms with Crippen molar-refractivity contribution in [2.24, 2.45) is 17.8 Å². The van der Waals surface area contributed by atoms with Crippen LogP contribution in [0.15, 0.2) is 24.3 Å². The molecule has 0 bridgehead atoms. The van der Waals surface area contributed by atoms with Gasteiger partial charge in [-0.05, 0) is 42.7 Å². The van der Waals surface area contributed by atoms with Crippen LogP contribution in [0.3, 0.4) is 0 Å². The molecule has 23 heavy (non-hydrogen) atoms. The predicted molar refractivity (Wildman–Crippen MR) is 85.2 cm³/mol. The Bertz CT molecular complexity index is 656. The molecule has 1 amide bonds. The van der Waals surface area contributed by atoms with E-state index in [4.69, 9.17) is 0 Å². The number of rotatable bonds is 4. The summed E-state index contributed by atoms with van der Waals surface area (Å²) in [6, 6.07) is 5.68. The number of nitro benzene ring substituents is 1. The zero-order valence-electron chi connectivity index (χ0n) is 12.6. The molecule has 0 spiro atoms. The first-order valence-electron chi connectivity index (χ1n) is 7.78. The average Bonchev–Trinajstić information content (AvgIpc) is 3.14. The number of carboxylic acid groups (broad SMARTS) is 1. The van der Waals surface area contributed by atoms with Crippen molar-refractivity contribution in [2.45, 2.75) is 25.7 Å². The summed E-state index contributed by atoms with van der Waals surface area (Å²) < 4.78 is 0. The number of nitrogens with zero attached hydrogens (tertiary/aromatic N) is 2. The molecular formula is C17H18N2O4. The highest BCUT2D eigenvalue weighted by atomic mass is 16.6. The van der Waals surface area contributed by atoms with Gasteiger partial charge in [0.2, 0.25) is 0 Å². The van der Waals surface area contributed by atoms with Gasteiger partial charge < -0.3 is 5.11 Å². The third kappa shape index (κ3) is 3.29. The number of benzene rings is 1. The van der Waals surface area contributed by atoms with Gasteiger partial charge in [0.15, 0.2) is 0 Å². The van der Waals surface area contributed by atoms with Crippen molar-refractivity contribution in [1.29, 1.82) is 0 Å². The topological polar surface area (TPSA) is 83.7 Å². The molecule has 6 nitrogen and oxygen atoms in total. The van der Waals surface area contributed by atoms with Gasteiger partial charge in [0.1, 0.15) is 0 Å². The van der Waals surface area contributed by atoms with Gasteiger partial charge in [-0.1, -0.05) is 0 Å². The van der Waals surface area contributed by atoms with Crippen LogP contribution in [0.5, 0.6) is 0 Å². The van der Waals surface area contributed by atoms with Crippen molar-refractivity contribution >= 4 is 17.5 Å². The van der Waals surface area contributed by atoms with E-state index in [1.165, 1.54) is 29.2 Å². The Hall–Kier alpha value is -2.55. The zero-order valence-corrected chi connectivity index (χ0v) is 12.6. The maximum absolute atomic E-state index is 11.6. The van der Waals surface area contributed by atoms with Crippen LogP contribution in [-0.4, -0.2) is 22.7 Å². The maximum Gasteiger partial charge on any atom is 0.411 e. The minimum atomic E-state index is -1.02. The van der Waals surface area contributed by atoms with E-state index < -0.39 is 11.0 Å². The second-order valence-electron chi connectivity index (χ2n) is 6.09. The van der Waals surface area contributed by atoms with Gasteiger partial charge in [0.25, 0.3) is 5.69 Å². The van der Waals surface area contributed by atoms with Crippen LogP contribution >= 0.6 is 0 Å². The molecule has 1 fully saturated rings. The summed E-state index contributed by atoms with van der Waals surface area (Å²) >= 11 is 0. The van der Waals surface area contributed by atoms with Gasteiger partial charge >= 0.3 is 6.09 Å².